The zero-order valence-corrected chi connectivity index (χ0v) is 22.4. The van der Waals surface area contributed by atoms with Crippen LogP contribution in [0, 0.1) is 0 Å². The predicted octanol–water partition coefficient (Wildman–Crippen LogP) is 4.23. The van der Waals surface area contributed by atoms with Gasteiger partial charge in [-0.05, 0) is 6.42 Å². The zero-order valence-electron chi connectivity index (χ0n) is 17.1. The molecule has 0 aromatic carbocycles. The maximum Gasteiger partial charge on any atom is 1.00 e. The first-order valence-electron chi connectivity index (χ1n) is 9.99. The molecule has 2 nitrogen and oxygen atoms in total. The van der Waals surface area contributed by atoms with Crippen molar-refractivity contribution in [3.8, 4) is 0 Å². The van der Waals surface area contributed by atoms with Gasteiger partial charge >= 0.3 is 74.9 Å². The van der Waals surface area contributed by atoms with Gasteiger partial charge in [-0.25, -0.2) is 0 Å². The molecule has 0 aromatic heterocycles. The fourth-order valence-corrected chi connectivity index (χ4v) is 3.00. The molecule has 0 fully saturated rings. The van der Waals surface area contributed by atoms with Crippen molar-refractivity contribution in [2.75, 3.05) is 0 Å². The Bertz CT molecular complexity index is 238. The summed E-state index contributed by atoms with van der Waals surface area (Å²) in [5, 5.41) is 8.54. The third-order valence-electron chi connectivity index (χ3n) is 4.49. The summed E-state index contributed by atoms with van der Waals surface area (Å²) >= 11 is 0. The molecule has 0 aliphatic rings. The average Bonchev–Trinajstić information content (AvgIpc) is 2.50. The Hall–Kier alpha value is 1.52. The molecule has 1 N–H and O–H groups in total. The Labute approximate surface area is 205 Å². The quantitative estimate of drug-likeness (QED) is 0.320. The molecular formula is C20H41CsO2. The summed E-state index contributed by atoms with van der Waals surface area (Å²) < 4.78 is 0. The number of hydrogen-bond acceptors (Lipinski definition) is 1. The van der Waals surface area contributed by atoms with Gasteiger partial charge in [-0.2, -0.15) is 0 Å². The largest absolute Gasteiger partial charge is 1.00 e. The minimum absolute atomic E-state index is 0. The number of aliphatic carboxylic acids is 1. The van der Waals surface area contributed by atoms with E-state index in [1.54, 1.807) is 0 Å². The Morgan fingerprint density at radius 3 is 1.13 bits per heavy atom. The van der Waals surface area contributed by atoms with Gasteiger partial charge in [0.1, 0.15) is 0 Å². The van der Waals surface area contributed by atoms with Gasteiger partial charge in [0.15, 0.2) is 0 Å². The van der Waals surface area contributed by atoms with Gasteiger partial charge in [0, 0.05) is 6.42 Å². The average molecular weight is 446 g/mol. The van der Waals surface area contributed by atoms with E-state index in [0.29, 0.717) is 6.42 Å². The number of hydrogen-bond donors (Lipinski definition) is 1. The topological polar surface area (TPSA) is 37.3 Å². The molecular weight excluding hydrogens is 405 g/mol. The number of carboxylic acid groups (broad SMARTS) is 1. The molecule has 0 radical (unpaired) electrons. The van der Waals surface area contributed by atoms with E-state index in [-0.39, 0.29) is 70.3 Å². The maximum absolute atomic E-state index is 10.4. The molecule has 0 heterocycles. The van der Waals surface area contributed by atoms with Crippen LogP contribution in [0.3, 0.4) is 0 Å². The molecule has 23 heavy (non-hydrogen) atoms. The number of unbranched alkanes of at least 4 members (excludes halogenated alkanes) is 16. The van der Waals surface area contributed by atoms with Crippen LogP contribution in [0.25, 0.3) is 0 Å². The SMILES string of the molecule is CCCCCCCCCCCCCCCCCCCC(=O)O.[Cs+].[H-]. The standard InChI is InChI=1S/C20H40O2.Cs.H/c1-2-3-4-5-6-7-8-9-10-11-12-13-14-15-16-17-18-19-20(21)22;;/h2-19H2,1H3,(H,21,22);;/q;+1;-1. The van der Waals surface area contributed by atoms with Gasteiger partial charge in [-0.3, -0.25) is 4.79 Å². The Kier molecular flexibility index (Phi) is 27.4. The molecule has 0 saturated carbocycles. The van der Waals surface area contributed by atoms with Crippen molar-refractivity contribution >= 4 is 5.97 Å². The van der Waals surface area contributed by atoms with Crippen molar-refractivity contribution < 1.29 is 80.2 Å². The van der Waals surface area contributed by atoms with Crippen LogP contribution in [-0.4, -0.2) is 11.1 Å². The van der Waals surface area contributed by atoms with Crippen LogP contribution in [0.4, 0.5) is 0 Å². The van der Waals surface area contributed by atoms with Crippen LogP contribution < -0.4 is 68.9 Å². The monoisotopic (exact) mass is 446 g/mol. The summed E-state index contributed by atoms with van der Waals surface area (Å²) in [5.41, 5.74) is 0. The smallest absolute Gasteiger partial charge is 1.00 e. The first-order chi connectivity index (χ1) is 10.8. The normalized spacial score (nSPS) is 10.5. The van der Waals surface area contributed by atoms with E-state index < -0.39 is 5.97 Å². The second-order valence-corrected chi connectivity index (χ2v) is 6.80. The molecule has 0 aliphatic carbocycles. The molecule has 0 atom stereocenters. The molecule has 3 heteroatoms. The van der Waals surface area contributed by atoms with Crippen molar-refractivity contribution in [1.29, 1.82) is 0 Å². The minimum Gasteiger partial charge on any atom is -1.00 e. The molecule has 0 saturated heterocycles. The molecule has 0 amide bonds. The summed E-state index contributed by atoms with van der Waals surface area (Å²) in [6, 6.07) is 0. The summed E-state index contributed by atoms with van der Waals surface area (Å²) in [6.07, 6.45) is 23.1. The molecule has 0 rings (SSSR count). The van der Waals surface area contributed by atoms with Crippen LogP contribution >= 0.6 is 0 Å². The summed E-state index contributed by atoms with van der Waals surface area (Å²) in [7, 11) is 0. The Morgan fingerprint density at radius 2 is 0.870 bits per heavy atom. The van der Waals surface area contributed by atoms with E-state index in [2.05, 4.69) is 6.92 Å². The molecule has 0 aromatic rings. The fraction of sp³-hybridized carbons (Fsp3) is 0.950. The molecule has 0 bridgehead atoms. The molecule has 0 spiro atoms. The maximum atomic E-state index is 10.4. The van der Waals surface area contributed by atoms with E-state index in [1.807, 2.05) is 0 Å². The van der Waals surface area contributed by atoms with Gasteiger partial charge in [0.2, 0.25) is 0 Å². The van der Waals surface area contributed by atoms with E-state index in [9.17, 15) is 4.79 Å². The van der Waals surface area contributed by atoms with E-state index in [1.165, 1.54) is 96.3 Å². The van der Waals surface area contributed by atoms with Gasteiger partial charge in [-0.15, -0.1) is 0 Å². The van der Waals surface area contributed by atoms with Crippen molar-refractivity contribution in [2.24, 2.45) is 0 Å². The van der Waals surface area contributed by atoms with E-state index in [0.717, 1.165) is 12.8 Å². The second kappa shape index (κ2) is 23.5. The molecule has 134 valence electrons. The first kappa shape index (κ1) is 26.7. The third kappa shape index (κ3) is 25.9. The zero-order chi connectivity index (χ0) is 16.3. The van der Waals surface area contributed by atoms with Gasteiger partial charge < -0.3 is 6.53 Å². The van der Waals surface area contributed by atoms with Crippen molar-refractivity contribution in [1.82, 2.24) is 0 Å². The predicted molar refractivity (Wildman–Crippen MR) is 97.5 cm³/mol. The fourth-order valence-electron chi connectivity index (χ4n) is 3.00. The van der Waals surface area contributed by atoms with Crippen molar-refractivity contribution in [3.63, 3.8) is 0 Å². The summed E-state index contributed by atoms with van der Waals surface area (Å²) in [4.78, 5) is 10.4. The van der Waals surface area contributed by atoms with Crippen molar-refractivity contribution in [3.05, 3.63) is 0 Å². The number of rotatable bonds is 18. The summed E-state index contributed by atoms with van der Waals surface area (Å²) in [5.74, 6) is -0.652. The number of carbonyl (C=O) groups is 1. The van der Waals surface area contributed by atoms with Gasteiger partial charge in [0.05, 0.1) is 0 Å². The molecule has 0 unspecified atom stereocenters. The van der Waals surface area contributed by atoms with Crippen LogP contribution in [0.5, 0.6) is 0 Å². The Morgan fingerprint density at radius 1 is 0.609 bits per heavy atom. The first-order valence-corrected chi connectivity index (χ1v) is 9.99. The number of carboxylic acids is 1. The van der Waals surface area contributed by atoms with Crippen molar-refractivity contribution in [2.45, 2.75) is 122 Å². The van der Waals surface area contributed by atoms with Crippen LogP contribution in [0.15, 0.2) is 0 Å². The van der Waals surface area contributed by atoms with Crippen LogP contribution in [-0.2, 0) is 4.79 Å². The van der Waals surface area contributed by atoms with E-state index in [4.69, 9.17) is 5.11 Å². The third-order valence-corrected chi connectivity index (χ3v) is 4.49. The Balaban J connectivity index is -0.00000220. The second-order valence-electron chi connectivity index (χ2n) is 6.80. The minimum atomic E-state index is -0.652. The van der Waals surface area contributed by atoms with Crippen LogP contribution in [0.1, 0.15) is 124 Å². The van der Waals surface area contributed by atoms with Crippen LogP contribution in [0.2, 0.25) is 0 Å². The van der Waals surface area contributed by atoms with Gasteiger partial charge in [-0.1, -0.05) is 110 Å². The van der Waals surface area contributed by atoms with Gasteiger partial charge in [0.25, 0.3) is 0 Å². The molecule has 0 aliphatic heterocycles. The summed E-state index contributed by atoms with van der Waals surface area (Å²) in [6.45, 7) is 2.28. The van der Waals surface area contributed by atoms with E-state index >= 15 is 0 Å².